The van der Waals surface area contributed by atoms with Crippen LogP contribution in [0.4, 0.5) is 0 Å². The fourth-order valence-corrected chi connectivity index (χ4v) is 1.27. The summed E-state index contributed by atoms with van der Waals surface area (Å²) in [4.78, 5) is 11.9. The SMILES string of the molecule is CC(C)c1nnc(C(C)(C)C)c(=O)n1N. The largest absolute Gasteiger partial charge is 0.335 e. The molecular formula is C10H18N4O. The molecule has 0 saturated heterocycles. The molecular weight excluding hydrogens is 192 g/mol. The van der Waals surface area contributed by atoms with Crippen LogP contribution in [0.5, 0.6) is 0 Å². The lowest BCUT2D eigenvalue weighted by molar-refractivity contribution is 0.521. The Kier molecular flexibility index (Phi) is 2.83. The number of nitrogen functional groups attached to an aromatic ring is 1. The average molecular weight is 210 g/mol. The van der Waals surface area contributed by atoms with Crippen LogP contribution in [0, 0.1) is 0 Å². The van der Waals surface area contributed by atoms with E-state index in [1.807, 2.05) is 34.6 Å². The molecule has 0 aliphatic carbocycles. The van der Waals surface area contributed by atoms with Crippen molar-refractivity contribution in [3.63, 3.8) is 0 Å². The van der Waals surface area contributed by atoms with E-state index in [1.54, 1.807) is 0 Å². The molecule has 84 valence electrons. The van der Waals surface area contributed by atoms with E-state index in [9.17, 15) is 4.79 Å². The zero-order chi connectivity index (χ0) is 11.8. The topological polar surface area (TPSA) is 73.8 Å². The van der Waals surface area contributed by atoms with Crippen molar-refractivity contribution in [1.82, 2.24) is 14.9 Å². The van der Waals surface area contributed by atoms with Crippen LogP contribution in [0.1, 0.15) is 52.1 Å². The van der Waals surface area contributed by atoms with Gasteiger partial charge in [-0.15, -0.1) is 10.2 Å². The highest BCUT2D eigenvalue weighted by Gasteiger charge is 2.23. The van der Waals surface area contributed by atoms with Gasteiger partial charge in [0.2, 0.25) is 0 Å². The van der Waals surface area contributed by atoms with E-state index in [0.29, 0.717) is 11.5 Å². The van der Waals surface area contributed by atoms with Crippen molar-refractivity contribution in [2.24, 2.45) is 0 Å². The first kappa shape index (κ1) is 11.7. The molecule has 0 amide bonds. The molecule has 0 spiro atoms. The van der Waals surface area contributed by atoms with Gasteiger partial charge in [0.15, 0.2) is 5.82 Å². The zero-order valence-electron chi connectivity index (χ0n) is 9.90. The minimum atomic E-state index is -0.333. The Morgan fingerprint density at radius 2 is 1.80 bits per heavy atom. The third kappa shape index (κ3) is 2.16. The Hall–Kier alpha value is -1.39. The van der Waals surface area contributed by atoms with E-state index in [-0.39, 0.29) is 16.9 Å². The molecule has 0 unspecified atom stereocenters. The van der Waals surface area contributed by atoms with Gasteiger partial charge in [-0.2, -0.15) is 0 Å². The molecule has 0 aliphatic rings. The van der Waals surface area contributed by atoms with E-state index in [1.165, 1.54) is 0 Å². The summed E-state index contributed by atoms with van der Waals surface area (Å²) in [6, 6.07) is 0. The summed E-state index contributed by atoms with van der Waals surface area (Å²) in [7, 11) is 0. The quantitative estimate of drug-likeness (QED) is 0.695. The second kappa shape index (κ2) is 3.64. The molecule has 0 saturated carbocycles. The summed E-state index contributed by atoms with van der Waals surface area (Å²) in [5.41, 5.74) is -0.198. The second-order valence-corrected chi connectivity index (χ2v) is 4.99. The van der Waals surface area contributed by atoms with Crippen molar-refractivity contribution < 1.29 is 0 Å². The summed E-state index contributed by atoms with van der Waals surface area (Å²) in [6.07, 6.45) is 0. The molecule has 0 radical (unpaired) electrons. The number of nitrogens with zero attached hydrogens (tertiary/aromatic N) is 3. The van der Waals surface area contributed by atoms with Crippen LogP contribution < -0.4 is 11.4 Å². The molecule has 1 heterocycles. The molecule has 15 heavy (non-hydrogen) atoms. The van der Waals surface area contributed by atoms with E-state index < -0.39 is 0 Å². The normalized spacial score (nSPS) is 12.1. The van der Waals surface area contributed by atoms with Gasteiger partial charge in [-0.3, -0.25) is 4.79 Å². The van der Waals surface area contributed by atoms with E-state index in [0.717, 1.165) is 4.68 Å². The molecule has 0 atom stereocenters. The number of hydrogen-bond acceptors (Lipinski definition) is 4. The second-order valence-electron chi connectivity index (χ2n) is 4.99. The maximum atomic E-state index is 11.9. The van der Waals surface area contributed by atoms with Crippen molar-refractivity contribution >= 4 is 0 Å². The Labute approximate surface area is 89.3 Å². The minimum Gasteiger partial charge on any atom is -0.335 e. The van der Waals surface area contributed by atoms with Gasteiger partial charge >= 0.3 is 0 Å². The summed E-state index contributed by atoms with van der Waals surface area (Å²) < 4.78 is 1.10. The summed E-state index contributed by atoms with van der Waals surface area (Å²) >= 11 is 0. The molecule has 0 aromatic carbocycles. The van der Waals surface area contributed by atoms with E-state index in [2.05, 4.69) is 10.2 Å². The third-order valence-electron chi connectivity index (χ3n) is 2.15. The van der Waals surface area contributed by atoms with Crippen molar-refractivity contribution in [3.8, 4) is 0 Å². The number of nitrogens with two attached hydrogens (primary N) is 1. The number of rotatable bonds is 1. The maximum absolute atomic E-state index is 11.9. The van der Waals surface area contributed by atoms with Crippen LogP contribution in [-0.4, -0.2) is 14.9 Å². The van der Waals surface area contributed by atoms with Crippen LogP contribution in [0.25, 0.3) is 0 Å². The zero-order valence-corrected chi connectivity index (χ0v) is 9.90. The van der Waals surface area contributed by atoms with Gasteiger partial charge < -0.3 is 5.84 Å². The lowest BCUT2D eigenvalue weighted by atomic mass is 9.93. The Morgan fingerprint density at radius 3 is 2.20 bits per heavy atom. The number of aromatic nitrogens is 3. The van der Waals surface area contributed by atoms with Gasteiger partial charge in [0.25, 0.3) is 5.56 Å². The van der Waals surface area contributed by atoms with Crippen molar-refractivity contribution in [2.75, 3.05) is 5.84 Å². The van der Waals surface area contributed by atoms with Crippen LogP contribution >= 0.6 is 0 Å². The molecule has 1 aromatic rings. The van der Waals surface area contributed by atoms with Crippen molar-refractivity contribution in [1.29, 1.82) is 0 Å². The lowest BCUT2D eigenvalue weighted by Gasteiger charge is -2.18. The monoisotopic (exact) mass is 210 g/mol. The first-order valence-corrected chi connectivity index (χ1v) is 5.00. The van der Waals surface area contributed by atoms with Crippen LogP contribution in [-0.2, 0) is 5.41 Å². The van der Waals surface area contributed by atoms with Crippen LogP contribution in [0.3, 0.4) is 0 Å². The first-order valence-electron chi connectivity index (χ1n) is 5.00. The number of hydrogen-bond donors (Lipinski definition) is 1. The van der Waals surface area contributed by atoms with Gasteiger partial charge in [-0.25, -0.2) is 4.68 Å². The van der Waals surface area contributed by atoms with E-state index >= 15 is 0 Å². The molecule has 1 rings (SSSR count). The van der Waals surface area contributed by atoms with E-state index in [4.69, 9.17) is 5.84 Å². The smallest absolute Gasteiger partial charge is 0.294 e. The highest BCUT2D eigenvalue weighted by molar-refractivity contribution is 5.10. The summed E-state index contributed by atoms with van der Waals surface area (Å²) in [5, 5.41) is 7.96. The van der Waals surface area contributed by atoms with Crippen molar-refractivity contribution in [3.05, 3.63) is 21.9 Å². The van der Waals surface area contributed by atoms with Crippen LogP contribution in [0.2, 0.25) is 0 Å². The average Bonchev–Trinajstić information content (AvgIpc) is 2.06. The molecule has 2 N–H and O–H groups in total. The van der Waals surface area contributed by atoms with Gasteiger partial charge in [0.1, 0.15) is 5.69 Å². The molecule has 0 aliphatic heterocycles. The highest BCUT2D eigenvalue weighted by Crippen LogP contribution is 2.16. The lowest BCUT2D eigenvalue weighted by Crippen LogP contribution is -2.39. The predicted molar refractivity (Wildman–Crippen MR) is 59.2 cm³/mol. The highest BCUT2D eigenvalue weighted by atomic mass is 16.1. The Bertz CT molecular complexity index is 414. The fraction of sp³-hybridized carbons (Fsp3) is 0.700. The molecule has 5 nitrogen and oxygen atoms in total. The minimum absolute atomic E-state index is 0.0872. The van der Waals surface area contributed by atoms with Crippen molar-refractivity contribution in [2.45, 2.75) is 46.0 Å². The standard InChI is InChI=1S/C10H18N4O/c1-6(2)8-13-12-7(10(3,4)5)9(15)14(8)11/h6H,11H2,1-5H3. The molecule has 0 fully saturated rings. The molecule has 0 bridgehead atoms. The third-order valence-corrected chi connectivity index (χ3v) is 2.15. The van der Waals surface area contributed by atoms with Gasteiger partial charge in [0.05, 0.1) is 0 Å². The Balaban J connectivity index is 3.42. The predicted octanol–water partition coefficient (Wildman–Crippen LogP) is 0.773. The van der Waals surface area contributed by atoms with Gasteiger partial charge in [0, 0.05) is 11.3 Å². The maximum Gasteiger partial charge on any atom is 0.294 e. The van der Waals surface area contributed by atoms with Crippen LogP contribution in [0.15, 0.2) is 4.79 Å². The fourth-order valence-electron chi connectivity index (χ4n) is 1.27. The first-order chi connectivity index (χ1) is 6.75. The van der Waals surface area contributed by atoms with Gasteiger partial charge in [-0.1, -0.05) is 34.6 Å². The summed E-state index contributed by atoms with van der Waals surface area (Å²) in [5.74, 6) is 6.28. The van der Waals surface area contributed by atoms with Gasteiger partial charge in [-0.05, 0) is 0 Å². The molecule has 5 heteroatoms. The Morgan fingerprint density at radius 1 is 1.27 bits per heavy atom. The summed E-state index contributed by atoms with van der Waals surface area (Å²) in [6.45, 7) is 9.57. The molecule has 1 aromatic heterocycles.